The van der Waals surface area contributed by atoms with Crippen LogP contribution in [0.4, 0.5) is 0 Å². The van der Waals surface area contributed by atoms with Gasteiger partial charge in [0.05, 0.1) is 11.1 Å². The average molecular weight is 454 g/mol. The molecule has 1 unspecified atom stereocenters. The van der Waals surface area contributed by atoms with Crippen LogP contribution in [-0.2, 0) is 16.1 Å². The van der Waals surface area contributed by atoms with Crippen LogP contribution < -0.4 is 11.1 Å². The zero-order valence-corrected chi connectivity index (χ0v) is 18.8. The van der Waals surface area contributed by atoms with E-state index >= 15 is 0 Å². The summed E-state index contributed by atoms with van der Waals surface area (Å²) in [5.41, 5.74) is 7.70. The molecule has 176 valence electrons. The molecule has 33 heavy (non-hydrogen) atoms. The van der Waals surface area contributed by atoms with Gasteiger partial charge in [-0.25, -0.2) is 0 Å². The highest BCUT2D eigenvalue weighted by atomic mass is 16.2. The molecule has 3 heterocycles. The monoisotopic (exact) mass is 453 g/mol. The van der Waals surface area contributed by atoms with E-state index in [2.05, 4.69) is 15.1 Å². The Morgan fingerprint density at radius 1 is 0.879 bits per heavy atom. The van der Waals surface area contributed by atoms with Crippen LogP contribution in [0.15, 0.2) is 18.2 Å². The zero-order chi connectivity index (χ0) is 23.1. The van der Waals surface area contributed by atoms with Crippen LogP contribution in [0.2, 0.25) is 0 Å². The summed E-state index contributed by atoms with van der Waals surface area (Å²) in [6, 6.07) is 5.46. The Morgan fingerprint density at radius 3 is 2.27 bits per heavy atom. The maximum atomic E-state index is 13.0. The molecule has 1 saturated carbocycles. The molecule has 0 radical (unpaired) electrons. The number of rotatable bonds is 4. The van der Waals surface area contributed by atoms with Gasteiger partial charge in [-0.05, 0) is 49.8 Å². The largest absolute Gasteiger partial charge is 0.328 e. The normalized spacial score (nSPS) is 29.4. The fourth-order valence-electron chi connectivity index (χ4n) is 5.63. The van der Waals surface area contributed by atoms with E-state index in [9.17, 15) is 19.2 Å². The number of imide groups is 2. The highest BCUT2D eigenvalue weighted by molar-refractivity contribution is 6.23. The molecular formula is C24H31N5O4. The van der Waals surface area contributed by atoms with E-state index in [0.29, 0.717) is 23.2 Å². The summed E-state index contributed by atoms with van der Waals surface area (Å²) in [7, 11) is 0. The quantitative estimate of drug-likeness (QED) is 0.637. The van der Waals surface area contributed by atoms with Gasteiger partial charge in [0.15, 0.2) is 0 Å². The lowest BCUT2D eigenvalue weighted by Crippen LogP contribution is -2.54. The van der Waals surface area contributed by atoms with E-state index in [1.54, 1.807) is 12.1 Å². The molecule has 3 N–H and O–H groups in total. The van der Waals surface area contributed by atoms with Gasteiger partial charge in [0.25, 0.3) is 11.8 Å². The van der Waals surface area contributed by atoms with E-state index in [0.717, 1.165) is 56.0 Å². The van der Waals surface area contributed by atoms with Gasteiger partial charge in [-0.15, -0.1) is 0 Å². The Hall–Kier alpha value is -2.62. The maximum Gasteiger partial charge on any atom is 0.262 e. The van der Waals surface area contributed by atoms with E-state index in [4.69, 9.17) is 5.73 Å². The standard InChI is InChI=1S/C24H31N5O4/c25-16-2-4-17(5-3-16)28-11-9-27(10-12-28)14-15-1-6-18-19(13-15)24(33)29(23(18)32)20-7-8-21(30)26-22(20)31/h1,6,13,16-17,20H,2-5,7-12,14,25H2,(H,26,30,31). The maximum absolute atomic E-state index is 13.0. The Morgan fingerprint density at radius 2 is 1.58 bits per heavy atom. The van der Waals surface area contributed by atoms with Gasteiger partial charge in [0, 0.05) is 51.2 Å². The van der Waals surface area contributed by atoms with E-state index < -0.39 is 23.8 Å². The van der Waals surface area contributed by atoms with Gasteiger partial charge in [-0.3, -0.25) is 39.2 Å². The van der Waals surface area contributed by atoms with Crippen molar-refractivity contribution in [1.82, 2.24) is 20.0 Å². The first-order valence-corrected chi connectivity index (χ1v) is 12.0. The second kappa shape index (κ2) is 8.96. The molecule has 3 fully saturated rings. The van der Waals surface area contributed by atoms with E-state index in [1.165, 1.54) is 12.8 Å². The van der Waals surface area contributed by atoms with Gasteiger partial charge < -0.3 is 5.73 Å². The minimum absolute atomic E-state index is 0.120. The summed E-state index contributed by atoms with van der Waals surface area (Å²) < 4.78 is 0. The third-order valence-corrected chi connectivity index (χ3v) is 7.57. The van der Waals surface area contributed by atoms with Crippen LogP contribution in [0.25, 0.3) is 0 Å². The van der Waals surface area contributed by atoms with Crippen LogP contribution >= 0.6 is 0 Å². The van der Waals surface area contributed by atoms with Crippen molar-refractivity contribution in [2.24, 2.45) is 5.73 Å². The fourth-order valence-corrected chi connectivity index (χ4v) is 5.63. The number of carbonyl (C=O) groups is 4. The topological polar surface area (TPSA) is 116 Å². The fraction of sp³-hybridized carbons (Fsp3) is 0.583. The van der Waals surface area contributed by atoms with Crippen molar-refractivity contribution in [3.63, 3.8) is 0 Å². The highest BCUT2D eigenvalue weighted by Crippen LogP contribution is 2.29. The third-order valence-electron chi connectivity index (χ3n) is 7.57. The van der Waals surface area contributed by atoms with Crippen LogP contribution in [0.3, 0.4) is 0 Å². The minimum atomic E-state index is -0.930. The SMILES string of the molecule is NC1CCC(N2CCN(Cc3ccc4c(c3)C(=O)N(C3CCC(=O)NC3=O)C4=O)CC2)CC1. The smallest absolute Gasteiger partial charge is 0.262 e. The van der Waals surface area contributed by atoms with E-state index in [1.807, 2.05) is 6.07 Å². The lowest BCUT2D eigenvalue weighted by atomic mass is 9.90. The molecule has 0 bridgehead atoms. The molecule has 9 heteroatoms. The van der Waals surface area contributed by atoms with Crippen LogP contribution in [0.5, 0.6) is 0 Å². The Kier molecular flexibility index (Phi) is 6.03. The zero-order valence-electron chi connectivity index (χ0n) is 18.8. The van der Waals surface area contributed by atoms with Crippen molar-refractivity contribution >= 4 is 23.6 Å². The first kappa shape index (κ1) is 22.2. The van der Waals surface area contributed by atoms with Gasteiger partial charge >= 0.3 is 0 Å². The number of piperidine rings is 1. The third kappa shape index (κ3) is 4.32. The molecule has 1 atom stereocenters. The molecule has 4 aliphatic rings. The van der Waals surface area contributed by atoms with Crippen molar-refractivity contribution < 1.29 is 19.2 Å². The van der Waals surface area contributed by atoms with E-state index in [-0.39, 0.29) is 18.7 Å². The molecule has 3 aliphatic heterocycles. The molecule has 1 aliphatic carbocycles. The lowest BCUT2D eigenvalue weighted by molar-refractivity contribution is -0.136. The second-order valence-electron chi connectivity index (χ2n) is 9.71. The molecule has 1 aromatic rings. The molecule has 0 aromatic heterocycles. The van der Waals surface area contributed by atoms with Gasteiger partial charge in [-0.1, -0.05) is 6.07 Å². The average Bonchev–Trinajstić information content (AvgIpc) is 3.05. The molecule has 0 spiro atoms. The number of nitrogens with two attached hydrogens (primary N) is 1. The number of piperazine rings is 1. The molecule has 2 saturated heterocycles. The van der Waals surface area contributed by atoms with Crippen molar-refractivity contribution in [1.29, 1.82) is 0 Å². The van der Waals surface area contributed by atoms with Crippen LogP contribution in [-0.4, -0.2) is 82.6 Å². The number of hydrogen-bond acceptors (Lipinski definition) is 7. The summed E-state index contributed by atoms with van der Waals surface area (Å²) in [5.74, 6) is -1.87. The number of benzene rings is 1. The molecular weight excluding hydrogens is 422 g/mol. The first-order valence-electron chi connectivity index (χ1n) is 12.0. The summed E-state index contributed by atoms with van der Waals surface area (Å²) >= 11 is 0. The van der Waals surface area contributed by atoms with Crippen LogP contribution in [0.1, 0.15) is 64.8 Å². The summed E-state index contributed by atoms with van der Waals surface area (Å²) in [4.78, 5) is 55.5. The summed E-state index contributed by atoms with van der Waals surface area (Å²) in [6.45, 7) is 4.72. The van der Waals surface area contributed by atoms with Crippen molar-refractivity contribution in [2.45, 2.75) is 63.2 Å². The number of fused-ring (bicyclic) bond motifs is 1. The van der Waals surface area contributed by atoms with Crippen molar-refractivity contribution in [3.05, 3.63) is 34.9 Å². The van der Waals surface area contributed by atoms with Crippen LogP contribution in [0, 0.1) is 0 Å². The Bertz CT molecular complexity index is 979. The molecule has 4 amide bonds. The number of carbonyl (C=O) groups excluding carboxylic acids is 4. The van der Waals surface area contributed by atoms with Gasteiger partial charge in [0.2, 0.25) is 11.8 Å². The number of nitrogens with zero attached hydrogens (tertiary/aromatic N) is 3. The highest BCUT2D eigenvalue weighted by Gasteiger charge is 2.44. The lowest BCUT2D eigenvalue weighted by Gasteiger charge is -2.41. The predicted octanol–water partition coefficient (Wildman–Crippen LogP) is 0.475. The van der Waals surface area contributed by atoms with Gasteiger partial charge in [0.1, 0.15) is 6.04 Å². The van der Waals surface area contributed by atoms with Gasteiger partial charge in [-0.2, -0.15) is 0 Å². The second-order valence-corrected chi connectivity index (χ2v) is 9.71. The number of nitrogens with one attached hydrogen (secondary N) is 1. The summed E-state index contributed by atoms with van der Waals surface area (Å²) in [6.07, 6.45) is 4.89. The Labute approximate surface area is 193 Å². The summed E-state index contributed by atoms with van der Waals surface area (Å²) in [5, 5.41) is 2.23. The molecule has 5 rings (SSSR count). The van der Waals surface area contributed by atoms with Crippen molar-refractivity contribution in [2.75, 3.05) is 26.2 Å². The number of amides is 4. The first-order chi connectivity index (χ1) is 15.9. The minimum Gasteiger partial charge on any atom is -0.328 e. The Balaban J connectivity index is 1.21. The van der Waals surface area contributed by atoms with Crippen molar-refractivity contribution in [3.8, 4) is 0 Å². The predicted molar refractivity (Wildman–Crippen MR) is 120 cm³/mol. The molecule has 9 nitrogen and oxygen atoms in total. The molecule has 1 aromatic carbocycles. The number of hydrogen-bond donors (Lipinski definition) is 2.